The van der Waals surface area contributed by atoms with Gasteiger partial charge in [0, 0.05) is 24.9 Å². The predicted octanol–water partition coefficient (Wildman–Crippen LogP) is 3.78. The third-order valence-electron chi connectivity index (χ3n) is 7.30. The molecule has 0 saturated heterocycles. The van der Waals surface area contributed by atoms with Gasteiger partial charge in [-0.1, -0.05) is 61.4 Å². The van der Waals surface area contributed by atoms with Gasteiger partial charge in [0.05, 0.1) is 5.92 Å². The second kappa shape index (κ2) is 9.49. The zero-order chi connectivity index (χ0) is 23.7. The number of hydrogen-bond donors (Lipinski definition) is 3. The summed E-state index contributed by atoms with van der Waals surface area (Å²) in [5, 5.41) is 14.9. The summed E-state index contributed by atoms with van der Waals surface area (Å²) in [4.78, 5) is 36.1. The number of fused-ring (bicyclic) bond motifs is 3. The first-order valence-electron chi connectivity index (χ1n) is 12.1. The molecule has 0 radical (unpaired) electrons. The minimum absolute atomic E-state index is 0.00965. The van der Waals surface area contributed by atoms with Crippen LogP contribution in [0.4, 0.5) is 4.79 Å². The summed E-state index contributed by atoms with van der Waals surface area (Å²) in [7, 11) is 0. The van der Waals surface area contributed by atoms with Gasteiger partial charge in [-0.2, -0.15) is 0 Å². The van der Waals surface area contributed by atoms with Gasteiger partial charge >= 0.3 is 12.1 Å². The lowest BCUT2D eigenvalue weighted by molar-refractivity contribution is -0.142. The molecule has 2 amide bonds. The highest BCUT2D eigenvalue weighted by Crippen LogP contribution is 2.44. The number of rotatable bonds is 10. The number of carbonyl (C=O) groups excluding carboxylic acids is 2. The van der Waals surface area contributed by atoms with Gasteiger partial charge < -0.3 is 20.5 Å². The van der Waals surface area contributed by atoms with E-state index >= 15 is 0 Å². The van der Waals surface area contributed by atoms with Crippen LogP contribution in [0.1, 0.15) is 42.7 Å². The number of alkyl carbamates (subject to hydrolysis) is 1. The Morgan fingerprint density at radius 2 is 1.62 bits per heavy atom. The molecule has 0 aromatic heterocycles. The number of amides is 2. The summed E-state index contributed by atoms with van der Waals surface area (Å²) >= 11 is 0. The van der Waals surface area contributed by atoms with E-state index in [1.165, 1.54) is 11.1 Å². The summed E-state index contributed by atoms with van der Waals surface area (Å²) in [5.74, 6) is -1.11. The van der Waals surface area contributed by atoms with E-state index in [1.807, 2.05) is 24.3 Å². The van der Waals surface area contributed by atoms with Gasteiger partial charge in [-0.15, -0.1) is 0 Å². The molecule has 0 heterocycles. The largest absolute Gasteiger partial charge is 0.481 e. The maximum absolute atomic E-state index is 12.4. The zero-order valence-corrected chi connectivity index (χ0v) is 19.0. The van der Waals surface area contributed by atoms with Crippen LogP contribution >= 0.6 is 0 Å². The van der Waals surface area contributed by atoms with E-state index in [4.69, 9.17) is 4.74 Å². The van der Waals surface area contributed by atoms with Crippen molar-refractivity contribution in [1.29, 1.82) is 0 Å². The van der Waals surface area contributed by atoms with Crippen LogP contribution in [0.5, 0.6) is 0 Å². The molecule has 7 heteroatoms. The fourth-order valence-corrected chi connectivity index (χ4v) is 5.04. The highest BCUT2D eigenvalue weighted by atomic mass is 16.5. The summed E-state index contributed by atoms with van der Waals surface area (Å²) in [6.45, 7) is 0.804. The molecular formula is C27H30N2O5. The number of aliphatic carboxylic acids is 1. The molecule has 34 heavy (non-hydrogen) atoms. The van der Waals surface area contributed by atoms with Crippen molar-refractivity contribution in [2.75, 3.05) is 19.7 Å². The standard InChI is InChI=1S/C27H30N2O5/c30-25(28-14-18(26(31)32)11-16-9-10-16)23-12-17(23)13-29-27(33)34-15-24-21-7-3-1-5-19(21)20-6-2-4-8-22(20)24/h1-8,16-18,23-24H,9-15H2,(H,28,30)(H,29,33)(H,31,32). The molecule has 3 unspecified atom stereocenters. The molecule has 0 bridgehead atoms. The van der Waals surface area contributed by atoms with Crippen molar-refractivity contribution in [3.05, 3.63) is 59.7 Å². The van der Waals surface area contributed by atoms with Crippen LogP contribution in [-0.4, -0.2) is 42.8 Å². The van der Waals surface area contributed by atoms with Gasteiger partial charge in [0.25, 0.3) is 0 Å². The monoisotopic (exact) mass is 462 g/mol. The van der Waals surface area contributed by atoms with Crippen LogP contribution in [0.25, 0.3) is 11.1 Å². The quantitative estimate of drug-likeness (QED) is 0.498. The zero-order valence-electron chi connectivity index (χ0n) is 19.0. The Morgan fingerprint density at radius 3 is 2.24 bits per heavy atom. The molecule has 2 aromatic carbocycles. The number of carboxylic acid groups (broad SMARTS) is 1. The van der Waals surface area contributed by atoms with Gasteiger partial charge in [-0.3, -0.25) is 9.59 Å². The van der Waals surface area contributed by atoms with Crippen LogP contribution in [0.2, 0.25) is 0 Å². The van der Waals surface area contributed by atoms with Crippen molar-refractivity contribution in [3.63, 3.8) is 0 Å². The lowest BCUT2D eigenvalue weighted by atomic mass is 9.98. The number of hydrogen-bond acceptors (Lipinski definition) is 4. The van der Waals surface area contributed by atoms with Crippen LogP contribution < -0.4 is 10.6 Å². The average molecular weight is 463 g/mol. The summed E-state index contributed by atoms with van der Waals surface area (Å²) in [6, 6.07) is 16.4. The van der Waals surface area contributed by atoms with Gasteiger partial charge in [0.15, 0.2) is 0 Å². The molecule has 2 aromatic rings. The highest BCUT2D eigenvalue weighted by Gasteiger charge is 2.43. The molecular weight excluding hydrogens is 432 g/mol. The average Bonchev–Trinajstić information content (AvgIpc) is 3.77. The van der Waals surface area contributed by atoms with Crippen molar-refractivity contribution >= 4 is 18.0 Å². The summed E-state index contributed by atoms with van der Waals surface area (Å²) in [5.41, 5.74) is 4.69. The van der Waals surface area contributed by atoms with E-state index in [2.05, 4.69) is 34.9 Å². The second-order valence-electron chi connectivity index (χ2n) is 9.77. The fourth-order valence-electron chi connectivity index (χ4n) is 5.04. The van der Waals surface area contributed by atoms with Gasteiger partial charge in [-0.25, -0.2) is 4.79 Å². The molecule has 2 saturated carbocycles. The first-order chi connectivity index (χ1) is 16.5. The van der Waals surface area contributed by atoms with Crippen molar-refractivity contribution in [2.45, 2.75) is 31.6 Å². The molecule has 2 fully saturated rings. The Balaban J connectivity index is 1.05. The second-order valence-corrected chi connectivity index (χ2v) is 9.77. The molecule has 3 aliphatic carbocycles. The Kier molecular flexibility index (Phi) is 6.26. The van der Waals surface area contributed by atoms with E-state index in [1.54, 1.807) is 0 Å². The predicted molar refractivity (Wildman–Crippen MR) is 126 cm³/mol. The summed E-state index contributed by atoms with van der Waals surface area (Å²) < 4.78 is 5.55. The number of carboxylic acids is 1. The number of benzene rings is 2. The minimum Gasteiger partial charge on any atom is -0.481 e. The van der Waals surface area contributed by atoms with Crippen molar-refractivity contribution < 1.29 is 24.2 Å². The third-order valence-corrected chi connectivity index (χ3v) is 7.30. The lowest BCUT2D eigenvalue weighted by Gasteiger charge is -2.15. The molecule has 0 aliphatic heterocycles. The Hall–Kier alpha value is -3.35. The molecule has 7 nitrogen and oxygen atoms in total. The van der Waals surface area contributed by atoms with Gasteiger partial charge in [-0.05, 0) is 46.9 Å². The molecule has 3 N–H and O–H groups in total. The van der Waals surface area contributed by atoms with Crippen LogP contribution in [0, 0.1) is 23.7 Å². The van der Waals surface area contributed by atoms with Crippen LogP contribution in [-0.2, 0) is 14.3 Å². The van der Waals surface area contributed by atoms with E-state index in [-0.39, 0.29) is 36.8 Å². The number of nitrogens with one attached hydrogen (secondary N) is 2. The smallest absolute Gasteiger partial charge is 0.407 e. The minimum atomic E-state index is -0.850. The first-order valence-corrected chi connectivity index (χ1v) is 12.1. The Morgan fingerprint density at radius 1 is 0.971 bits per heavy atom. The van der Waals surface area contributed by atoms with Crippen LogP contribution in [0.15, 0.2) is 48.5 Å². The summed E-state index contributed by atoms with van der Waals surface area (Å²) in [6.07, 6.45) is 3.01. The molecule has 3 atom stereocenters. The number of ether oxygens (including phenoxy) is 1. The van der Waals surface area contributed by atoms with E-state index < -0.39 is 18.0 Å². The lowest BCUT2D eigenvalue weighted by Crippen LogP contribution is -2.35. The molecule has 3 aliphatic rings. The van der Waals surface area contributed by atoms with Crippen molar-refractivity contribution in [2.24, 2.45) is 23.7 Å². The SMILES string of the molecule is O=C(NCC1CC1C(=O)NCC(CC1CC1)C(=O)O)OCC1c2ccccc2-c2ccccc21. The third kappa shape index (κ3) is 4.93. The first kappa shape index (κ1) is 22.4. The Bertz CT molecular complexity index is 1050. The van der Waals surface area contributed by atoms with E-state index in [9.17, 15) is 19.5 Å². The van der Waals surface area contributed by atoms with Crippen LogP contribution in [0.3, 0.4) is 0 Å². The number of carbonyl (C=O) groups is 3. The normalized spacial score (nSPS) is 21.2. The van der Waals surface area contributed by atoms with E-state index in [0.717, 1.165) is 24.0 Å². The van der Waals surface area contributed by atoms with Crippen molar-refractivity contribution in [3.8, 4) is 11.1 Å². The molecule has 5 rings (SSSR count). The van der Waals surface area contributed by atoms with Crippen molar-refractivity contribution in [1.82, 2.24) is 10.6 Å². The van der Waals surface area contributed by atoms with Gasteiger partial charge in [0.1, 0.15) is 6.61 Å². The fraction of sp³-hybridized carbons (Fsp3) is 0.444. The Labute approximate surface area is 198 Å². The topological polar surface area (TPSA) is 105 Å². The highest BCUT2D eigenvalue weighted by molar-refractivity contribution is 5.82. The van der Waals surface area contributed by atoms with Gasteiger partial charge in [0.2, 0.25) is 5.91 Å². The maximum atomic E-state index is 12.4. The molecule has 0 spiro atoms. The van der Waals surface area contributed by atoms with E-state index in [0.29, 0.717) is 25.3 Å². The maximum Gasteiger partial charge on any atom is 0.407 e. The molecule has 178 valence electrons.